The third-order valence-corrected chi connectivity index (χ3v) is 3.66. The lowest BCUT2D eigenvalue weighted by atomic mass is 10.0. The van der Waals surface area contributed by atoms with Crippen LogP contribution in [0.4, 0.5) is 0 Å². The first-order chi connectivity index (χ1) is 10.8. The zero-order valence-electron chi connectivity index (χ0n) is 13.3. The van der Waals surface area contributed by atoms with E-state index in [0.29, 0.717) is 13.2 Å². The topological polar surface area (TPSA) is 36.9 Å². The molecule has 0 radical (unpaired) electrons. The van der Waals surface area contributed by atoms with Crippen molar-refractivity contribution in [2.24, 2.45) is 0 Å². The standard InChI is InChI=1S/C18H24O4/c1-4-15(19-3)13-16(20-5-2)8-6-14-7-9-17-18(12-14)22-11-10-21-17/h4-5,7,9,12,16H,2,6,8,10-11,13H2,1,3H3/b15-4+. The second-order valence-corrected chi connectivity index (χ2v) is 5.10. The molecule has 1 aliphatic rings. The number of fused-ring (bicyclic) bond motifs is 1. The number of benzene rings is 1. The Morgan fingerprint density at radius 1 is 1.32 bits per heavy atom. The number of hydrogen-bond acceptors (Lipinski definition) is 4. The summed E-state index contributed by atoms with van der Waals surface area (Å²) in [5, 5.41) is 0. The van der Waals surface area contributed by atoms with Gasteiger partial charge in [0.2, 0.25) is 0 Å². The van der Waals surface area contributed by atoms with E-state index in [0.717, 1.165) is 36.5 Å². The van der Waals surface area contributed by atoms with Crippen LogP contribution in [0.2, 0.25) is 0 Å². The molecule has 120 valence electrons. The molecule has 4 heteroatoms. The molecule has 0 saturated carbocycles. The van der Waals surface area contributed by atoms with E-state index in [1.54, 1.807) is 7.11 Å². The van der Waals surface area contributed by atoms with Crippen LogP contribution in [-0.2, 0) is 15.9 Å². The third-order valence-electron chi connectivity index (χ3n) is 3.66. The van der Waals surface area contributed by atoms with Crippen LogP contribution in [0.25, 0.3) is 0 Å². The molecule has 0 N–H and O–H groups in total. The number of rotatable bonds is 8. The zero-order chi connectivity index (χ0) is 15.8. The Morgan fingerprint density at radius 2 is 2.09 bits per heavy atom. The highest BCUT2D eigenvalue weighted by Gasteiger charge is 2.15. The Labute approximate surface area is 132 Å². The second-order valence-electron chi connectivity index (χ2n) is 5.10. The number of methoxy groups -OCH3 is 1. The van der Waals surface area contributed by atoms with Gasteiger partial charge in [0, 0.05) is 6.42 Å². The van der Waals surface area contributed by atoms with Gasteiger partial charge in [-0.25, -0.2) is 0 Å². The van der Waals surface area contributed by atoms with Crippen molar-refractivity contribution in [1.29, 1.82) is 0 Å². The smallest absolute Gasteiger partial charge is 0.161 e. The van der Waals surface area contributed by atoms with Crippen molar-refractivity contribution in [3.05, 3.63) is 48.4 Å². The van der Waals surface area contributed by atoms with Gasteiger partial charge in [-0.05, 0) is 43.5 Å². The third kappa shape index (κ3) is 4.45. The van der Waals surface area contributed by atoms with Gasteiger partial charge >= 0.3 is 0 Å². The van der Waals surface area contributed by atoms with Gasteiger partial charge in [0.15, 0.2) is 11.5 Å². The van der Waals surface area contributed by atoms with E-state index >= 15 is 0 Å². The Hall–Kier alpha value is -2.10. The number of ether oxygens (including phenoxy) is 4. The lowest BCUT2D eigenvalue weighted by Gasteiger charge is -2.20. The van der Waals surface area contributed by atoms with Crippen molar-refractivity contribution in [2.75, 3.05) is 20.3 Å². The van der Waals surface area contributed by atoms with E-state index in [1.165, 1.54) is 11.8 Å². The van der Waals surface area contributed by atoms with E-state index in [4.69, 9.17) is 18.9 Å². The van der Waals surface area contributed by atoms with Gasteiger partial charge in [0.1, 0.15) is 19.3 Å². The fourth-order valence-corrected chi connectivity index (χ4v) is 2.47. The minimum atomic E-state index is 0.0526. The van der Waals surface area contributed by atoms with Gasteiger partial charge in [0.05, 0.1) is 19.1 Å². The molecule has 1 atom stereocenters. The molecule has 1 aromatic rings. The normalized spacial score (nSPS) is 15.1. The van der Waals surface area contributed by atoms with Crippen molar-refractivity contribution in [3.8, 4) is 11.5 Å². The van der Waals surface area contributed by atoms with E-state index in [1.807, 2.05) is 25.1 Å². The first-order valence-corrected chi connectivity index (χ1v) is 7.61. The summed E-state index contributed by atoms with van der Waals surface area (Å²) < 4.78 is 22.1. The highest BCUT2D eigenvalue weighted by atomic mass is 16.6. The predicted molar refractivity (Wildman–Crippen MR) is 86.2 cm³/mol. The summed E-state index contributed by atoms with van der Waals surface area (Å²) in [5.41, 5.74) is 1.21. The molecule has 1 heterocycles. The van der Waals surface area contributed by atoms with Gasteiger partial charge in [-0.15, -0.1) is 0 Å². The minimum absolute atomic E-state index is 0.0526. The van der Waals surface area contributed by atoms with Crippen molar-refractivity contribution in [1.82, 2.24) is 0 Å². The van der Waals surface area contributed by atoms with Gasteiger partial charge in [-0.3, -0.25) is 0 Å². The van der Waals surface area contributed by atoms with Crippen molar-refractivity contribution in [3.63, 3.8) is 0 Å². The van der Waals surface area contributed by atoms with Crippen molar-refractivity contribution >= 4 is 0 Å². The highest BCUT2D eigenvalue weighted by Crippen LogP contribution is 2.31. The summed E-state index contributed by atoms with van der Waals surface area (Å²) in [6.07, 6.45) is 6.03. The monoisotopic (exact) mass is 304 g/mol. The Bertz CT molecular complexity index is 522. The minimum Gasteiger partial charge on any atom is -0.501 e. The molecule has 0 bridgehead atoms. The molecule has 0 spiro atoms. The highest BCUT2D eigenvalue weighted by molar-refractivity contribution is 5.43. The SMILES string of the molecule is C=COC(CCc1ccc2c(c1)OCCO2)C/C(=C\C)OC. The first kappa shape index (κ1) is 16.3. The molecule has 4 nitrogen and oxygen atoms in total. The molecule has 1 unspecified atom stereocenters. The van der Waals surface area contributed by atoms with Crippen LogP contribution in [0.5, 0.6) is 11.5 Å². The van der Waals surface area contributed by atoms with E-state index < -0.39 is 0 Å². The van der Waals surface area contributed by atoms with E-state index in [2.05, 4.69) is 12.6 Å². The number of aryl methyl sites for hydroxylation is 1. The van der Waals surface area contributed by atoms with Crippen LogP contribution >= 0.6 is 0 Å². The molecule has 0 aromatic heterocycles. The molecule has 0 amide bonds. The van der Waals surface area contributed by atoms with Gasteiger partial charge in [-0.2, -0.15) is 0 Å². The average Bonchev–Trinajstić information content (AvgIpc) is 2.57. The fraction of sp³-hybridized carbons (Fsp3) is 0.444. The molecular weight excluding hydrogens is 280 g/mol. The van der Waals surface area contributed by atoms with Crippen molar-refractivity contribution in [2.45, 2.75) is 32.3 Å². The number of allylic oxidation sites excluding steroid dienone is 1. The molecule has 0 saturated heterocycles. The Morgan fingerprint density at radius 3 is 2.77 bits per heavy atom. The second kappa shape index (κ2) is 8.37. The summed E-state index contributed by atoms with van der Waals surface area (Å²) in [6.45, 7) is 6.84. The molecular formula is C18H24O4. The molecule has 0 fully saturated rings. The largest absolute Gasteiger partial charge is 0.501 e. The van der Waals surface area contributed by atoms with Gasteiger partial charge in [0.25, 0.3) is 0 Å². The lowest BCUT2D eigenvalue weighted by molar-refractivity contribution is 0.117. The molecule has 2 rings (SSSR count). The van der Waals surface area contributed by atoms with Crippen LogP contribution in [0.15, 0.2) is 42.9 Å². The molecule has 1 aliphatic heterocycles. The van der Waals surface area contributed by atoms with Crippen molar-refractivity contribution < 1.29 is 18.9 Å². The van der Waals surface area contributed by atoms with E-state index in [9.17, 15) is 0 Å². The summed E-state index contributed by atoms with van der Waals surface area (Å²) in [6, 6.07) is 6.09. The lowest BCUT2D eigenvalue weighted by Crippen LogP contribution is -2.16. The van der Waals surface area contributed by atoms with Crippen LogP contribution in [0.1, 0.15) is 25.3 Å². The quantitative estimate of drug-likeness (QED) is 0.683. The van der Waals surface area contributed by atoms with E-state index in [-0.39, 0.29) is 6.10 Å². The molecule has 0 aliphatic carbocycles. The zero-order valence-corrected chi connectivity index (χ0v) is 13.3. The van der Waals surface area contributed by atoms with Crippen LogP contribution < -0.4 is 9.47 Å². The average molecular weight is 304 g/mol. The summed E-state index contributed by atoms with van der Waals surface area (Å²) in [5.74, 6) is 2.58. The fourth-order valence-electron chi connectivity index (χ4n) is 2.47. The van der Waals surface area contributed by atoms with Crippen LogP contribution in [0, 0.1) is 0 Å². The summed E-state index contributed by atoms with van der Waals surface area (Å²) in [7, 11) is 1.68. The predicted octanol–water partition coefficient (Wildman–Crippen LogP) is 3.86. The Balaban J connectivity index is 1.95. The maximum atomic E-state index is 5.62. The maximum Gasteiger partial charge on any atom is 0.161 e. The first-order valence-electron chi connectivity index (χ1n) is 7.61. The number of hydrogen-bond donors (Lipinski definition) is 0. The van der Waals surface area contributed by atoms with Gasteiger partial charge in [-0.1, -0.05) is 12.6 Å². The maximum absolute atomic E-state index is 5.62. The van der Waals surface area contributed by atoms with Gasteiger partial charge < -0.3 is 18.9 Å². The molecule has 1 aromatic carbocycles. The molecule has 22 heavy (non-hydrogen) atoms. The summed E-state index contributed by atoms with van der Waals surface area (Å²) >= 11 is 0. The Kier molecular flexibility index (Phi) is 6.19. The summed E-state index contributed by atoms with van der Waals surface area (Å²) in [4.78, 5) is 0. The van der Waals surface area contributed by atoms with Crippen LogP contribution in [-0.4, -0.2) is 26.4 Å². The van der Waals surface area contributed by atoms with Crippen LogP contribution in [0.3, 0.4) is 0 Å².